The highest BCUT2D eigenvalue weighted by Crippen LogP contribution is 2.25. The standard InChI is InChI=1S/C18H14FNO3/c19-15-7-2-1-6-14(15)16-8-9-17(23-16)18(22)20-13-5-3-4-12(10-13)11-21/h1-10,21H,11H2,(H,20,22). The lowest BCUT2D eigenvalue weighted by Crippen LogP contribution is -2.10. The molecule has 0 atom stereocenters. The lowest BCUT2D eigenvalue weighted by molar-refractivity contribution is 0.0997. The van der Waals surface area contributed by atoms with Crippen molar-refractivity contribution in [3.8, 4) is 11.3 Å². The summed E-state index contributed by atoms with van der Waals surface area (Å²) in [5.41, 5.74) is 1.54. The predicted molar refractivity (Wildman–Crippen MR) is 84.4 cm³/mol. The summed E-state index contributed by atoms with van der Waals surface area (Å²) in [7, 11) is 0. The second kappa shape index (κ2) is 6.46. The van der Waals surface area contributed by atoms with Crippen molar-refractivity contribution in [1.29, 1.82) is 0 Å². The van der Waals surface area contributed by atoms with Crippen molar-refractivity contribution >= 4 is 11.6 Å². The van der Waals surface area contributed by atoms with Crippen molar-refractivity contribution in [2.75, 3.05) is 5.32 Å². The molecule has 0 aliphatic carbocycles. The van der Waals surface area contributed by atoms with Gasteiger partial charge >= 0.3 is 0 Å². The van der Waals surface area contributed by atoms with Gasteiger partial charge < -0.3 is 14.8 Å². The molecule has 2 aromatic carbocycles. The predicted octanol–water partition coefficient (Wildman–Crippen LogP) is 3.83. The molecule has 0 saturated heterocycles. The van der Waals surface area contributed by atoms with Crippen molar-refractivity contribution < 1.29 is 18.7 Å². The Balaban J connectivity index is 1.80. The summed E-state index contributed by atoms with van der Waals surface area (Å²) in [5.74, 6) is -0.484. The van der Waals surface area contributed by atoms with E-state index in [0.29, 0.717) is 16.8 Å². The van der Waals surface area contributed by atoms with Gasteiger partial charge in [0.1, 0.15) is 11.6 Å². The fourth-order valence-electron chi connectivity index (χ4n) is 2.21. The molecule has 4 nitrogen and oxygen atoms in total. The van der Waals surface area contributed by atoms with Gasteiger partial charge in [0, 0.05) is 5.69 Å². The Morgan fingerprint density at radius 1 is 1.09 bits per heavy atom. The first kappa shape index (κ1) is 15.0. The largest absolute Gasteiger partial charge is 0.451 e. The molecular formula is C18H14FNO3. The number of carbonyl (C=O) groups is 1. The molecule has 0 radical (unpaired) electrons. The number of nitrogens with one attached hydrogen (secondary N) is 1. The number of hydrogen-bond acceptors (Lipinski definition) is 3. The van der Waals surface area contributed by atoms with Gasteiger partial charge in [0.15, 0.2) is 5.76 Å². The van der Waals surface area contributed by atoms with Crippen LogP contribution in [0.25, 0.3) is 11.3 Å². The van der Waals surface area contributed by atoms with Crippen LogP contribution in [0, 0.1) is 5.82 Å². The minimum absolute atomic E-state index is 0.0812. The fourth-order valence-corrected chi connectivity index (χ4v) is 2.21. The van der Waals surface area contributed by atoms with Gasteiger partial charge in [-0.1, -0.05) is 24.3 Å². The van der Waals surface area contributed by atoms with E-state index in [9.17, 15) is 9.18 Å². The second-order valence-electron chi connectivity index (χ2n) is 4.96. The van der Waals surface area contributed by atoms with E-state index in [1.807, 2.05) is 0 Å². The second-order valence-corrected chi connectivity index (χ2v) is 4.96. The zero-order valence-corrected chi connectivity index (χ0v) is 12.1. The highest BCUT2D eigenvalue weighted by Gasteiger charge is 2.14. The van der Waals surface area contributed by atoms with Gasteiger partial charge in [-0.05, 0) is 42.0 Å². The summed E-state index contributed by atoms with van der Waals surface area (Å²) >= 11 is 0. The number of halogens is 1. The third-order valence-corrected chi connectivity index (χ3v) is 3.34. The highest BCUT2D eigenvalue weighted by atomic mass is 19.1. The van der Waals surface area contributed by atoms with Gasteiger partial charge in [0.2, 0.25) is 0 Å². The number of aliphatic hydroxyl groups is 1. The third kappa shape index (κ3) is 3.30. The van der Waals surface area contributed by atoms with Gasteiger partial charge in [-0.15, -0.1) is 0 Å². The summed E-state index contributed by atoms with van der Waals surface area (Å²) in [6, 6.07) is 16.1. The van der Waals surface area contributed by atoms with Crippen LogP contribution in [-0.4, -0.2) is 11.0 Å². The van der Waals surface area contributed by atoms with Crippen LogP contribution in [0.4, 0.5) is 10.1 Å². The maximum atomic E-state index is 13.7. The molecule has 0 unspecified atom stereocenters. The monoisotopic (exact) mass is 311 g/mol. The molecule has 0 aliphatic rings. The molecule has 23 heavy (non-hydrogen) atoms. The third-order valence-electron chi connectivity index (χ3n) is 3.34. The zero-order chi connectivity index (χ0) is 16.2. The van der Waals surface area contributed by atoms with Crippen molar-refractivity contribution in [3.05, 3.63) is 77.8 Å². The molecule has 5 heteroatoms. The molecule has 0 aliphatic heterocycles. The summed E-state index contributed by atoms with van der Waals surface area (Å²) in [4.78, 5) is 12.2. The van der Waals surface area contributed by atoms with Gasteiger partial charge in [-0.2, -0.15) is 0 Å². The SMILES string of the molecule is O=C(Nc1cccc(CO)c1)c1ccc(-c2ccccc2F)o1. The molecule has 1 amide bonds. The van der Waals surface area contributed by atoms with Crippen molar-refractivity contribution in [3.63, 3.8) is 0 Å². The molecule has 0 fully saturated rings. The Hall–Kier alpha value is -2.92. The van der Waals surface area contributed by atoms with Crippen LogP contribution in [0.2, 0.25) is 0 Å². The molecular weight excluding hydrogens is 297 g/mol. The molecule has 0 saturated carbocycles. The van der Waals surface area contributed by atoms with E-state index < -0.39 is 11.7 Å². The van der Waals surface area contributed by atoms with E-state index in [1.54, 1.807) is 48.5 Å². The minimum Gasteiger partial charge on any atom is -0.451 e. The molecule has 3 aromatic rings. The Morgan fingerprint density at radius 3 is 2.70 bits per heavy atom. The van der Waals surface area contributed by atoms with E-state index in [-0.39, 0.29) is 18.1 Å². The Kier molecular flexibility index (Phi) is 4.21. The van der Waals surface area contributed by atoms with E-state index in [4.69, 9.17) is 9.52 Å². The smallest absolute Gasteiger partial charge is 0.291 e. The summed E-state index contributed by atoms with van der Waals surface area (Å²) in [6.07, 6.45) is 0. The maximum absolute atomic E-state index is 13.7. The van der Waals surface area contributed by atoms with E-state index in [1.165, 1.54) is 12.1 Å². The maximum Gasteiger partial charge on any atom is 0.291 e. The molecule has 3 rings (SSSR count). The molecule has 1 heterocycles. The average Bonchev–Trinajstić information content (AvgIpc) is 3.05. The van der Waals surface area contributed by atoms with Gasteiger partial charge in [0.25, 0.3) is 5.91 Å². The van der Waals surface area contributed by atoms with Gasteiger partial charge in [-0.25, -0.2) is 4.39 Å². The summed E-state index contributed by atoms with van der Waals surface area (Å²) < 4.78 is 19.2. The zero-order valence-electron chi connectivity index (χ0n) is 12.1. The number of anilines is 1. The fraction of sp³-hybridized carbons (Fsp3) is 0.0556. The number of benzene rings is 2. The van der Waals surface area contributed by atoms with Crippen LogP contribution < -0.4 is 5.32 Å². The van der Waals surface area contributed by atoms with Crippen LogP contribution in [0.15, 0.2) is 65.1 Å². The lowest BCUT2D eigenvalue weighted by atomic mass is 10.1. The van der Waals surface area contributed by atoms with Gasteiger partial charge in [-0.3, -0.25) is 4.79 Å². The highest BCUT2D eigenvalue weighted by molar-refractivity contribution is 6.02. The van der Waals surface area contributed by atoms with Crippen molar-refractivity contribution in [2.45, 2.75) is 6.61 Å². The van der Waals surface area contributed by atoms with E-state index in [0.717, 1.165) is 0 Å². The topological polar surface area (TPSA) is 62.5 Å². The van der Waals surface area contributed by atoms with Crippen LogP contribution in [0.3, 0.4) is 0 Å². The lowest BCUT2D eigenvalue weighted by Gasteiger charge is -2.05. The first-order valence-corrected chi connectivity index (χ1v) is 7.03. The normalized spacial score (nSPS) is 10.5. The van der Waals surface area contributed by atoms with Crippen molar-refractivity contribution in [2.24, 2.45) is 0 Å². The van der Waals surface area contributed by atoms with E-state index >= 15 is 0 Å². The molecule has 116 valence electrons. The molecule has 1 aromatic heterocycles. The molecule has 0 spiro atoms. The van der Waals surface area contributed by atoms with Crippen LogP contribution >= 0.6 is 0 Å². The quantitative estimate of drug-likeness (QED) is 0.769. The number of aliphatic hydroxyl groups excluding tert-OH is 1. The Bertz CT molecular complexity index is 842. The first-order valence-electron chi connectivity index (χ1n) is 7.03. The summed E-state index contributed by atoms with van der Waals surface area (Å²) in [6.45, 7) is -0.109. The van der Waals surface area contributed by atoms with E-state index in [2.05, 4.69) is 5.32 Å². The number of furan rings is 1. The number of amides is 1. The van der Waals surface area contributed by atoms with Crippen LogP contribution in [0.5, 0.6) is 0 Å². The van der Waals surface area contributed by atoms with Crippen LogP contribution in [-0.2, 0) is 6.61 Å². The van der Waals surface area contributed by atoms with Gasteiger partial charge in [0.05, 0.1) is 12.2 Å². The Labute approximate surface area is 132 Å². The minimum atomic E-state index is -0.442. The summed E-state index contributed by atoms with van der Waals surface area (Å²) in [5, 5.41) is 11.8. The average molecular weight is 311 g/mol. The number of carbonyl (C=O) groups excluding carboxylic acids is 1. The molecule has 0 bridgehead atoms. The Morgan fingerprint density at radius 2 is 1.91 bits per heavy atom. The van der Waals surface area contributed by atoms with Crippen molar-refractivity contribution in [1.82, 2.24) is 0 Å². The first-order chi connectivity index (χ1) is 11.2. The van der Waals surface area contributed by atoms with Crippen LogP contribution in [0.1, 0.15) is 16.1 Å². The number of rotatable bonds is 4. The molecule has 2 N–H and O–H groups in total. The number of hydrogen-bond donors (Lipinski definition) is 2.